The van der Waals surface area contributed by atoms with Crippen molar-refractivity contribution in [2.45, 2.75) is 26.3 Å². The van der Waals surface area contributed by atoms with Crippen LogP contribution in [0.4, 0.5) is 0 Å². The van der Waals surface area contributed by atoms with E-state index in [2.05, 4.69) is 5.10 Å². The number of benzene rings is 1. The first-order chi connectivity index (χ1) is 16.1. The molecule has 33 heavy (non-hydrogen) atoms. The van der Waals surface area contributed by atoms with Crippen LogP contribution in [0, 0.1) is 6.92 Å². The molecule has 1 aromatic carbocycles. The minimum Gasteiger partial charge on any atom is -0.378 e. The van der Waals surface area contributed by atoms with Crippen molar-refractivity contribution >= 4 is 16.8 Å². The van der Waals surface area contributed by atoms with Crippen molar-refractivity contribution in [3.05, 3.63) is 70.9 Å². The maximum atomic E-state index is 13.5. The van der Waals surface area contributed by atoms with Gasteiger partial charge in [-0.3, -0.25) is 9.59 Å². The number of carbonyl (C=O) groups excluding carboxylic acids is 1. The van der Waals surface area contributed by atoms with Crippen LogP contribution in [0.5, 0.6) is 0 Å². The van der Waals surface area contributed by atoms with Gasteiger partial charge in [-0.05, 0) is 37.6 Å². The van der Waals surface area contributed by atoms with Crippen LogP contribution in [0.3, 0.4) is 0 Å². The zero-order valence-electron chi connectivity index (χ0n) is 18.6. The maximum Gasteiger partial charge on any atom is 0.280 e. The van der Waals surface area contributed by atoms with Crippen molar-refractivity contribution < 1.29 is 9.53 Å². The second-order valence-electron chi connectivity index (χ2n) is 8.10. The Hall–Kier alpha value is -3.72. The number of hydrogen-bond donors (Lipinski definition) is 0. The molecule has 3 aromatic heterocycles. The van der Waals surface area contributed by atoms with Gasteiger partial charge in [0.2, 0.25) is 5.91 Å². The summed E-state index contributed by atoms with van der Waals surface area (Å²) >= 11 is 0. The number of fused-ring (bicyclic) bond motifs is 1. The largest absolute Gasteiger partial charge is 0.378 e. The van der Waals surface area contributed by atoms with Crippen LogP contribution >= 0.6 is 0 Å². The predicted octanol–water partition coefficient (Wildman–Crippen LogP) is 2.32. The second-order valence-corrected chi connectivity index (χ2v) is 8.10. The molecule has 9 nitrogen and oxygen atoms in total. The first-order valence-electron chi connectivity index (χ1n) is 11.2. The molecule has 170 valence electrons. The molecule has 0 saturated carbocycles. The molecular weight excluding hydrogens is 420 g/mol. The lowest BCUT2D eigenvalue weighted by atomic mass is 10.2. The first kappa shape index (κ1) is 21.1. The van der Waals surface area contributed by atoms with E-state index < -0.39 is 0 Å². The molecule has 1 aliphatic rings. The predicted molar refractivity (Wildman–Crippen MR) is 124 cm³/mol. The minimum atomic E-state index is -0.208. The summed E-state index contributed by atoms with van der Waals surface area (Å²) in [6, 6.07) is 13.6. The summed E-state index contributed by atoms with van der Waals surface area (Å²) in [4.78, 5) is 27.8. The topological polar surface area (TPSA) is 87.2 Å². The number of amides is 1. The number of morpholine rings is 1. The van der Waals surface area contributed by atoms with E-state index in [1.165, 1.54) is 4.68 Å². The van der Waals surface area contributed by atoms with E-state index in [9.17, 15) is 9.59 Å². The van der Waals surface area contributed by atoms with Gasteiger partial charge >= 0.3 is 0 Å². The zero-order chi connectivity index (χ0) is 22.8. The number of aryl methyl sites for hydroxylation is 2. The summed E-state index contributed by atoms with van der Waals surface area (Å²) < 4.78 is 10.5. The monoisotopic (exact) mass is 446 g/mol. The van der Waals surface area contributed by atoms with E-state index in [0.29, 0.717) is 68.1 Å². The number of aromatic nitrogens is 5. The van der Waals surface area contributed by atoms with Gasteiger partial charge in [0.05, 0.1) is 24.6 Å². The molecule has 0 atom stereocenters. The molecule has 0 bridgehead atoms. The summed E-state index contributed by atoms with van der Waals surface area (Å²) in [6.07, 6.45) is 4.71. The normalized spacial score (nSPS) is 14.2. The number of rotatable bonds is 6. The average Bonchev–Trinajstić information content (AvgIpc) is 3.51. The van der Waals surface area contributed by atoms with E-state index in [4.69, 9.17) is 9.84 Å². The van der Waals surface area contributed by atoms with Gasteiger partial charge in [0.25, 0.3) is 5.56 Å². The number of para-hydroxylation sites is 1. The smallest absolute Gasteiger partial charge is 0.280 e. The molecule has 1 fully saturated rings. The molecule has 0 N–H and O–H groups in total. The van der Waals surface area contributed by atoms with Gasteiger partial charge in [-0.15, -0.1) is 0 Å². The number of carbonyl (C=O) groups is 1. The van der Waals surface area contributed by atoms with Crippen LogP contribution in [0.25, 0.3) is 22.4 Å². The second kappa shape index (κ2) is 9.03. The van der Waals surface area contributed by atoms with E-state index >= 15 is 0 Å². The van der Waals surface area contributed by atoms with Crippen LogP contribution in [0.15, 0.2) is 59.7 Å². The van der Waals surface area contributed by atoms with E-state index in [1.54, 1.807) is 4.68 Å². The van der Waals surface area contributed by atoms with Gasteiger partial charge in [0, 0.05) is 38.4 Å². The Kier molecular flexibility index (Phi) is 5.78. The molecule has 0 aliphatic carbocycles. The summed E-state index contributed by atoms with van der Waals surface area (Å²) in [5.41, 5.74) is 1.90. The first-order valence-corrected chi connectivity index (χ1v) is 11.2. The van der Waals surface area contributed by atoms with Crippen molar-refractivity contribution in [2.24, 2.45) is 0 Å². The third-order valence-electron chi connectivity index (χ3n) is 5.90. The highest BCUT2D eigenvalue weighted by atomic mass is 16.5. The van der Waals surface area contributed by atoms with Crippen molar-refractivity contribution in [1.29, 1.82) is 0 Å². The van der Waals surface area contributed by atoms with Crippen molar-refractivity contribution in [3.63, 3.8) is 0 Å². The van der Waals surface area contributed by atoms with Crippen LogP contribution in [-0.4, -0.2) is 61.2 Å². The quantitative estimate of drug-likeness (QED) is 0.454. The van der Waals surface area contributed by atoms with Gasteiger partial charge < -0.3 is 14.2 Å². The fraction of sp³-hybridized carbons (Fsp3) is 0.333. The van der Waals surface area contributed by atoms with Crippen LogP contribution < -0.4 is 5.56 Å². The summed E-state index contributed by atoms with van der Waals surface area (Å²) in [5, 5.41) is 9.79. The molecule has 0 radical (unpaired) electrons. The Morgan fingerprint density at radius 2 is 1.76 bits per heavy atom. The number of hydrogen-bond acceptors (Lipinski definition) is 5. The van der Waals surface area contributed by atoms with Gasteiger partial charge in [0.15, 0.2) is 5.82 Å². The molecule has 5 rings (SSSR count). The number of ether oxygens (including phenoxy) is 1. The standard InChI is InChI=1S/C24H26N6O3/c1-18-22-21(23(28-11-5-6-12-28)30(26-22)19-8-3-2-4-9-19)24(32)29(25-18)13-7-10-20(31)27-14-16-33-17-15-27/h2-6,8-9,11-12H,7,10,13-17H2,1H3. The van der Waals surface area contributed by atoms with Crippen molar-refractivity contribution in [2.75, 3.05) is 26.3 Å². The Balaban J connectivity index is 1.50. The van der Waals surface area contributed by atoms with E-state index in [-0.39, 0.29) is 11.5 Å². The lowest BCUT2D eigenvalue weighted by Gasteiger charge is -2.26. The minimum absolute atomic E-state index is 0.0917. The highest BCUT2D eigenvalue weighted by Gasteiger charge is 2.22. The Labute approximate surface area is 190 Å². The van der Waals surface area contributed by atoms with Gasteiger partial charge in [-0.25, -0.2) is 9.36 Å². The molecular formula is C24H26N6O3. The van der Waals surface area contributed by atoms with E-state index in [0.717, 1.165) is 5.69 Å². The summed E-state index contributed by atoms with van der Waals surface area (Å²) in [6.45, 7) is 4.64. The molecule has 0 spiro atoms. The van der Waals surface area contributed by atoms with Crippen molar-refractivity contribution in [1.82, 2.24) is 29.0 Å². The highest BCUT2D eigenvalue weighted by molar-refractivity contribution is 5.87. The SMILES string of the molecule is Cc1nn(CCCC(=O)N2CCOCC2)c(=O)c2c(-n3cccc3)n(-c3ccccc3)nc12. The lowest BCUT2D eigenvalue weighted by molar-refractivity contribution is -0.135. The molecule has 1 amide bonds. The Morgan fingerprint density at radius 1 is 1.03 bits per heavy atom. The molecule has 9 heteroatoms. The maximum absolute atomic E-state index is 13.5. The van der Waals surface area contributed by atoms with Gasteiger partial charge in [-0.2, -0.15) is 10.2 Å². The number of nitrogens with zero attached hydrogens (tertiary/aromatic N) is 6. The third-order valence-corrected chi connectivity index (χ3v) is 5.90. The zero-order valence-corrected chi connectivity index (χ0v) is 18.6. The van der Waals surface area contributed by atoms with Crippen LogP contribution in [-0.2, 0) is 16.1 Å². The molecule has 1 saturated heterocycles. The molecule has 4 heterocycles. The highest BCUT2D eigenvalue weighted by Crippen LogP contribution is 2.24. The Morgan fingerprint density at radius 3 is 2.48 bits per heavy atom. The molecule has 0 unspecified atom stereocenters. The van der Waals surface area contributed by atoms with Crippen LogP contribution in [0.1, 0.15) is 18.5 Å². The lowest BCUT2D eigenvalue weighted by Crippen LogP contribution is -2.40. The van der Waals surface area contributed by atoms with Gasteiger partial charge in [0.1, 0.15) is 10.9 Å². The average molecular weight is 447 g/mol. The van der Waals surface area contributed by atoms with Gasteiger partial charge in [-0.1, -0.05) is 18.2 Å². The van der Waals surface area contributed by atoms with Crippen molar-refractivity contribution in [3.8, 4) is 11.5 Å². The van der Waals surface area contributed by atoms with Crippen LogP contribution in [0.2, 0.25) is 0 Å². The summed E-state index contributed by atoms with van der Waals surface area (Å²) in [7, 11) is 0. The van der Waals surface area contributed by atoms with E-state index in [1.807, 2.05) is 71.2 Å². The fourth-order valence-corrected chi connectivity index (χ4v) is 4.23. The Bertz CT molecular complexity index is 1320. The summed E-state index contributed by atoms with van der Waals surface area (Å²) in [5.74, 6) is 0.768. The fourth-order valence-electron chi connectivity index (χ4n) is 4.23. The molecule has 4 aromatic rings. The third kappa shape index (κ3) is 4.07. The molecule has 1 aliphatic heterocycles.